The fourth-order valence-corrected chi connectivity index (χ4v) is 2.75. The number of anilines is 1. The average molecular weight is 247 g/mol. The summed E-state index contributed by atoms with van der Waals surface area (Å²) >= 11 is 0. The summed E-state index contributed by atoms with van der Waals surface area (Å²) in [5, 5.41) is 0. The van der Waals surface area contributed by atoms with E-state index in [4.69, 9.17) is 15.5 Å². The molecule has 2 fully saturated rings. The summed E-state index contributed by atoms with van der Waals surface area (Å²) in [4.78, 5) is 4.85. The van der Waals surface area contributed by atoms with Gasteiger partial charge < -0.3 is 15.0 Å². The Balaban J connectivity index is 1.93. The zero-order chi connectivity index (χ0) is 12.5. The topological polar surface area (TPSA) is 53.1 Å². The van der Waals surface area contributed by atoms with Crippen molar-refractivity contribution in [2.45, 2.75) is 44.1 Å². The van der Waals surface area contributed by atoms with Crippen molar-refractivity contribution in [1.82, 2.24) is 9.55 Å². The number of nitrogens with zero attached hydrogens (tertiary/aromatic N) is 2. The third kappa shape index (κ3) is 2.05. The number of aromatic nitrogens is 2. The van der Waals surface area contributed by atoms with Crippen LogP contribution < -0.4 is 5.73 Å². The largest absolute Gasteiger partial charge is 0.384 e. The van der Waals surface area contributed by atoms with Gasteiger partial charge in [-0.1, -0.05) is 6.08 Å². The molecule has 3 rings (SSSR count). The van der Waals surface area contributed by atoms with Gasteiger partial charge in [-0.15, -0.1) is 6.58 Å². The van der Waals surface area contributed by atoms with E-state index in [9.17, 15) is 0 Å². The van der Waals surface area contributed by atoms with Gasteiger partial charge in [0.1, 0.15) is 11.6 Å². The maximum Gasteiger partial charge on any atom is 0.127 e. The first-order chi connectivity index (χ1) is 8.81. The van der Waals surface area contributed by atoms with Gasteiger partial charge in [0, 0.05) is 31.6 Å². The van der Waals surface area contributed by atoms with E-state index in [1.807, 2.05) is 6.08 Å². The van der Waals surface area contributed by atoms with Gasteiger partial charge in [-0.05, 0) is 25.7 Å². The molecular formula is C14H21N3O. The minimum absolute atomic E-state index is 0.474. The van der Waals surface area contributed by atoms with Crippen LogP contribution in [0.3, 0.4) is 0 Å². The third-order valence-corrected chi connectivity index (χ3v) is 3.93. The highest BCUT2D eigenvalue weighted by Gasteiger charge is 2.32. The van der Waals surface area contributed by atoms with E-state index in [2.05, 4.69) is 11.1 Å². The minimum Gasteiger partial charge on any atom is -0.384 e. The second-order valence-electron chi connectivity index (χ2n) is 5.30. The molecule has 98 valence electrons. The van der Waals surface area contributed by atoms with Crippen molar-refractivity contribution in [2.24, 2.45) is 0 Å². The first-order valence-electron chi connectivity index (χ1n) is 6.85. The van der Waals surface area contributed by atoms with E-state index >= 15 is 0 Å². The van der Waals surface area contributed by atoms with Gasteiger partial charge in [-0.25, -0.2) is 4.98 Å². The second kappa shape index (κ2) is 4.76. The van der Waals surface area contributed by atoms with Gasteiger partial charge >= 0.3 is 0 Å². The van der Waals surface area contributed by atoms with E-state index in [1.165, 1.54) is 18.7 Å². The molecule has 4 nitrogen and oxygen atoms in total. The van der Waals surface area contributed by atoms with Crippen molar-refractivity contribution >= 4 is 5.82 Å². The predicted octanol–water partition coefficient (Wildman–Crippen LogP) is 2.42. The summed E-state index contributed by atoms with van der Waals surface area (Å²) < 4.78 is 7.56. The summed E-state index contributed by atoms with van der Waals surface area (Å²) in [7, 11) is 0. The second-order valence-corrected chi connectivity index (χ2v) is 5.30. The number of rotatable bonds is 4. The molecule has 0 unspecified atom stereocenters. The zero-order valence-corrected chi connectivity index (χ0v) is 10.8. The Morgan fingerprint density at radius 2 is 2.00 bits per heavy atom. The molecule has 0 bridgehead atoms. The van der Waals surface area contributed by atoms with Crippen LogP contribution in [0.5, 0.6) is 0 Å². The molecule has 1 aliphatic carbocycles. The molecule has 4 heteroatoms. The van der Waals surface area contributed by atoms with Crippen molar-refractivity contribution in [3.8, 4) is 0 Å². The maximum atomic E-state index is 6.30. The first-order valence-corrected chi connectivity index (χ1v) is 6.85. The predicted molar refractivity (Wildman–Crippen MR) is 71.6 cm³/mol. The lowest BCUT2D eigenvalue weighted by atomic mass is 9.96. The van der Waals surface area contributed by atoms with Gasteiger partial charge in [-0.2, -0.15) is 0 Å². The number of ether oxygens (including phenoxy) is 1. The summed E-state index contributed by atoms with van der Waals surface area (Å²) in [6, 6.07) is 0. The summed E-state index contributed by atoms with van der Waals surface area (Å²) in [6.07, 6.45) is 6.48. The van der Waals surface area contributed by atoms with Crippen LogP contribution in [0, 0.1) is 0 Å². The Morgan fingerprint density at radius 3 is 2.61 bits per heavy atom. The molecule has 0 aromatic carbocycles. The number of hydrogen-bond acceptors (Lipinski definition) is 3. The maximum absolute atomic E-state index is 6.30. The van der Waals surface area contributed by atoms with Gasteiger partial charge in [0.2, 0.25) is 0 Å². The highest BCUT2D eigenvalue weighted by atomic mass is 16.5. The van der Waals surface area contributed by atoms with E-state index in [0.29, 0.717) is 11.8 Å². The van der Waals surface area contributed by atoms with Crippen LogP contribution in [0.2, 0.25) is 0 Å². The highest BCUT2D eigenvalue weighted by Crippen LogP contribution is 2.42. The summed E-state index contributed by atoms with van der Waals surface area (Å²) in [5.74, 6) is 3.13. The molecule has 18 heavy (non-hydrogen) atoms. The number of allylic oxidation sites excluding steroid dienone is 1. The Kier molecular flexibility index (Phi) is 3.12. The smallest absolute Gasteiger partial charge is 0.127 e. The Bertz CT molecular complexity index is 442. The lowest BCUT2D eigenvalue weighted by Gasteiger charge is -2.20. The molecule has 1 aromatic rings. The SMILES string of the molecule is C=CCn1c(C2CC2)nc(C2CCOCC2)c1N. The van der Waals surface area contributed by atoms with Crippen molar-refractivity contribution in [3.63, 3.8) is 0 Å². The lowest BCUT2D eigenvalue weighted by molar-refractivity contribution is 0.0847. The third-order valence-electron chi connectivity index (χ3n) is 3.93. The summed E-state index contributed by atoms with van der Waals surface area (Å²) in [5.41, 5.74) is 7.40. The lowest BCUT2D eigenvalue weighted by Crippen LogP contribution is -2.16. The Hall–Kier alpha value is -1.29. The Labute approximate surface area is 108 Å². The average Bonchev–Trinajstić information content (AvgIpc) is 3.19. The van der Waals surface area contributed by atoms with Gasteiger partial charge in [0.25, 0.3) is 0 Å². The zero-order valence-electron chi connectivity index (χ0n) is 10.8. The van der Waals surface area contributed by atoms with E-state index in [-0.39, 0.29) is 0 Å². The van der Waals surface area contributed by atoms with Crippen molar-refractivity contribution in [3.05, 3.63) is 24.2 Å². The molecule has 1 aromatic heterocycles. The van der Waals surface area contributed by atoms with Gasteiger partial charge in [-0.3, -0.25) is 0 Å². The normalized spacial score (nSPS) is 21.1. The van der Waals surface area contributed by atoms with Crippen LogP contribution in [0.4, 0.5) is 5.82 Å². The molecule has 2 N–H and O–H groups in total. The molecule has 2 aliphatic rings. The molecular weight excluding hydrogens is 226 g/mol. The molecule has 1 saturated carbocycles. The van der Waals surface area contributed by atoms with Gasteiger partial charge in [0.05, 0.1) is 5.69 Å². The van der Waals surface area contributed by atoms with Crippen LogP contribution in [-0.2, 0) is 11.3 Å². The molecule has 0 radical (unpaired) electrons. The van der Waals surface area contributed by atoms with Gasteiger partial charge in [0.15, 0.2) is 0 Å². The fourth-order valence-electron chi connectivity index (χ4n) is 2.75. The molecule has 0 atom stereocenters. The minimum atomic E-state index is 0.474. The van der Waals surface area contributed by atoms with Crippen LogP contribution >= 0.6 is 0 Å². The van der Waals surface area contributed by atoms with E-state index < -0.39 is 0 Å². The van der Waals surface area contributed by atoms with Crippen molar-refractivity contribution < 1.29 is 4.74 Å². The first kappa shape index (κ1) is 11.8. The number of nitrogen functional groups attached to an aromatic ring is 1. The molecule has 0 spiro atoms. The van der Waals surface area contributed by atoms with Crippen molar-refractivity contribution in [2.75, 3.05) is 18.9 Å². The Morgan fingerprint density at radius 1 is 1.28 bits per heavy atom. The molecule has 1 saturated heterocycles. The standard InChI is InChI=1S/C14H21N3O/c1-2-7-17-13(15)12(10-5-8-18-9-6-10)16-14(17)11-3-4-11/h2,10-11H,1,3-9,15H2. The molecule has 0 amide bonds. The summed E-state index contributed by atoms with van der Waals surface area (Å²) in [6.45, 7) is 6.25. The highest BCUT2D eigenvalue weighted by molar-refractivity contribution is 5.42. The number of nitrogens with two attached hydrogens (primary N) is 1. The van der Waals surface area contributed by atoms with Crippen LogP contribution in [0.25, 0.3) is 0 Å². The van der Waals surface area contributed by atoms with Crippen molar-refractivity contribution in [1.29, 1.82) is 0 Å². The van der Waals surface area contributed by atoms with Crippen LogP contribution in [0.15, 0.2) is 12.7 Å². The monoisotopic (exact) mass is 247 g/mol. The molecule has 1 aliphatic heterocycles. The quantitative estimate of drug-likeness (QED) is 0.831. The molecule has 2 heterocycles. The van der Waals surface area contributed by atoms with E-state index in [0.717, 1.165) is 44.1 Å². The van der Waals surface area contributed by atoms with Crippen LogP contribution in [-0.4, -0.2) is 22.8 Å². The number of imidazole rings is 1. The van der Waals surface area contributed by atoms with E-state index in [1.54, 1.807) is 0 Å². The van der Waals surface area contributed by atoms with Crippen LogP contribution in [0.1, 0.15) is 49.0 Å². The fraction of sp³-hybridized carbons (Fsp3) is 0.643. The number of hydrogen-bond donors (Lipinski definition) is 1.